The lowest BCUT2D eigenvalue weighted by molar-refractivity contribution is -0.0603. The van der Waals surface area contributed by atoms with E-state index in [0.717, 1.165) is 19.1 Å². The summed E-state index contributed by atoms with van der Waals surface area (Å²) in [6.07, 6.45) is 1.45. The predicted molar refractivity (Wildman–Crippen MR) is 33.0 cm³/mol. The van der Waals surface area contributed by atoms with Gasteiger partial charge in [-0.05, 0) is 12.3 Å². The maximum absolute atomic E-state index is 5.33. The Labute approximate surface area is 55.1 Å². The van der Waals surface area contributed by atoms with Crippen LogP contribution in [0.1, 0.15) is 13.3 Å². The fraction of sp³-hybridized carbons (Fsp3) is 1.00. The van der Waals surface area contributed by atoms with Gasteiger partial charge < -0.3 is 9.47 Å². The van der Waals surface area contributed by atoms with Crippen molar-refractivity contribution in [2.45, 2.75) is 19.6 Å². The molecule has 0 aromatic carbocycles. The van der Waals surface area contributed by atoms with E-state index in [1.807, 2.05) is 0 Å². The summed E-state index contributed by atoms with van der Waals surface area (Å²) < 4.78 is 10.7. The second-order valence-electron chi connectivity index (χ2n) is 2.99. The minimum Gasteiger partial charge on any atom is -0.350 e. The molecule has 1 heterocycles. The zero-order valence-electron chi connectivity index (χ0n) is 5.67. The van der Waals surface area contributed by atoms with Crippen molar-refractivity contribution in [3.05, 3.63) is 0 Å². The first-order chi connectivity index (χ1) is 4.38. The molecule has 0 aromatic heterocycles. The van der Waals surface area contributed by atoms with Gasteiger partial charge in [0.05, 0.1) is 13.2 Å². The predicted octanol–water partition coefficient (Wildman–Crippen LogP) is 1.02. The highest BCUT2D eigenvalue weighted by molar-refractivity contribution is 4.86. The largest absolute Gasteiger partial charge is 0.350 e. The summed E-state index contributed by atoms with van der Waals surface area (Å²) in [4.78, 5) is 0. The fourth-order valence-electron chi connectivity index (χ4n) is 1.35. The molecule has 2 unspecified atom stereocenters. The molecule has 2 fully saturated rings. The van der Waals surface area contributed by atoms with Gasteiger partial charge in [-0.1, -0.05) is 6.92 Å². The van der Waals surface area contributed by atoms with Crippen LogP contribution < -0.4 is 0 Å². The average molecular weight is 128 g/mol. The summed E-state index contributed by atoms with van der Waals surface area (Å²) in [6.45, 7) is 3.84. The van der Waals surface area contributed by atoms with E-state index in [9.17, 15) is 0 Å². The second kappa shape index (κ2) is 1.96. The van der Waals surface area contributed by atoms with E-state index >= 15 is 0 Å². The molecule has 2 heteroatoms. The minimum atomic E-state index is 0.153. The van der Waals surface area contributed by atoms with Crippen LogP contribution in [0.5, 0.6) is 0 Å². The first-order valence-electron chi connectivity index (χ1n) is 3.61. The van der Waals surface area contributed by atoms with Gasteiger partial charge in [-0.3, -0.25) is 0 Å². The van der Waals surface area contributed by atoms with E-state index in [1.165, 1.54) is 6.42 Å². The molecule has 0 spiro atoms. The fourth-order valence-corrected chi connectivity index (χ4v) is 1.35. The van der Waals surface area contributed by atoms with E-state index in [2.05, 4.69) is 6.92 Å². The van der Waals surface area contributed by atoms with Crippen LogP contribution in [0.2, 0.25) is 0 Å². The maximum atomic E-state index is 5.33. The molecule has 2 rings (SSSR count). The molecule has 0 radical (unpaired) electrons. The van der Waals surface area contributed by atoms with E-state index in [-0.39, 0.29) is 6.29 Å². The molecule has 2 atom stereocenters. The van der Waals surface area contributed by atoms with Crippen molar-refractivity contribution < 1.29 is 9.47 Å². The first-order valence-corrected chi connectivity index (χ1v) is 3.61. The molecular formula is C7H12O2. The lowest BCUT2D eigenvalue weighted by Gasteiger charge is -2.05. The quantitative estimate of drug-likeness (QED) is 0.524. The second-order valence-corrected chi connectivity index (χ2v) is 2.99. The third-order valence-electron chi connectivity index (χ3n) is 2.17. The highest BCUT2D eigenvalue weighted by atomic mass is 16.7. The van der Waals surface area contributed by atoms with Gasteiger partial charge >= 0.3 is 0 Å². The lowest BCUT2D eigenvalue weighted by atomic mass is 10.3. The Bertz CT molecular complexity index is 107. The van der Waals surface area contributed by atoms with E-state index < -0.39 is 0 Å². The van der Waals surface area contributed by atoms with E-state index in [1.54, 1.807) is 0 Å². The Hall–Kier alpha value is -0.0800. The van der Waals surface area contributed by atoms with Gasteiger partial charge in [-0.2, -0.15) is 0 Å². The van der Waals surface area contributed by atoms with Gasteiger partial charge in [0.25, 0.3) is 0 Å². The van der Waals surface area contributed by atoms with Gasteiger partial charge in [0.1, 0.15) is 0 Å². The summed E-state index contributed by atoms with van der Waals surface area (Å²) in [5.41, 5.74) is 0. The summed E-state index contributed by atoms with van der Waals surface area (Å²) in [6, 6.07) is 0. The monoisotopic (exact) mass is 128 g/mol. The Morgan fingerprint density at radius 1 is 1.22 bits per heavy atom. The van der Waals surface area contributed by atoms with Crippen molar-refractivity contribution in [2.24, 2.45) is 11.8 Å². The average Bonchev–Trinajstić information content (AvgIpc) is 2.44. The molecule has 52 valence electrons. The number of ether oxygens (including phenoxy) is 2. The van der Waals surface area contributed by atoms with E-state index in [0.29, 0.717) is 5.92 Å². The smallest absolute Gasteiger partial charge is 0.160 e. The zero-order chi connectivity index (χ0) is 6.27. The molecule has 1 aliphatic carbocycles. The molecule has 0 amide bonds. The lowest BCUT2D eigenvalue weighted by Crippen LogP contribution is -2.10. The zero-order valence-corrected chi connectivity index (χ0v) is 5.67. The van der Waals surface area contributed by atoms with Crippen LogP contribution in [0.25, 0.3) is 0 Å². The Balaban J connectivity index is 1.85. The SMILES string of the molecule is CC1CC1C1OCCO1. The van der Waals surface area contributed by atoms with Crippen molar-refractivity contribution in [1.82, 2.24) is 0 Å². The summed E-state index contributed by atoms with van der Waals surface area (Å²) in [5, 5.41) is 0. The van der Waals surface area contributed by atoms with Crippen LogP contribution in [0.15, 0.2) is 0 Å². The van der Waals surface area contributed by atoms with Crippen molar-refractivity contribution in [2.75, 3.05) is 13.2 Å². The number of hydrogen-bond donors (Lipinski definition) is 0. The third kappa shape index (κ3) is 0.970. The van der Waals surface area contributed by atoms with Crippen LogP contribution in [0, 0.1) is 11.8 Å². The maximum Gasteiger partial charge on any atom is 0.160 e. The molecule has 0 bridgehead atoms. The van der Waals surface area contributed by atoms with Crippen LogP contribution in [0.4, 0.5) is 0 Å². The van der Waals surface area contributed by atoms with Gasteiger partial charge in [-0.15, -0.1) is 0 Å². The number of hydrogen-bond acceptors (Lipinski definition) is 2. The van der Waals surface area contributed by atoms with Gasteiger partial charge in [0, 0.05) is 5.92 Å². The summed E-state index contributed by atoms with van der Waals surface area (Å²) >= 11 is 0. The van der Waals surface area contributed by atoms with Gasteiger partial charge in [0.2, 0.25) is 0 Å². The highest BCUT2D eigenvalue weighted by Crippen LogP contribution is 2.43. The van der Waals surface area contributed by atoms with E-state index in [4.69, 9.17) is 9.47 Å². The molecule has 1 aliphatic heterocycles. The summed E-state index contributed by atoms with van der Waals surface area (Å²) in [7, 11) is 0. The normalized spacial score (nSPS) is 43.7. The molecule has 2 aliphatic rings. The molecule has 0 N–H and O–H groups in total. The molecule has 2 nitrogen and oxygen atoms in total. The van der Waals surface area contributed by atoms with Gasteiger partial charge in [0.15, 0.2) is 6.29 Å². The highest BCUT2D eigenvalue weighted by Gasteiger charge is 2.42. The minimum absolute atomic E-state index is 0.153. The molecule has 1 saturated carbocycles. The van der Waals surface area contributed by atoms with Crippen LogP contribution in [0.3, 0.4) is 0 Å². The standard InChI is InChI=1S/C7H12O2/c1-5-4-6(5)7-8-2-3-9-7/h5-7H,2-4H2,1H3. The molecular weight excluding hydrogens is 116 g/mol. The summed E-state index contributed by atoms with van der Waals surface area (Å²) in [5.74, 6) is 1.56. The van der Waals surface area contributed by atoms with Crippen molar-refractivity contribution in [3.8, 4) is 0 Å². The van der Waals surface area contributed by atoms with Crippen LogP contribution in [-0.2, 0) is 9.47 Å². The van der Waals surface area contributed by atoms with Crippen molar-refractivity contribution in [3.63, 3.8) is 0 Å². The Morgan fingerprint density at radius 2 is 1.78 bits per heavy atom. The van der Waals surface area contributed by atoms with Crippen LogP contribution >= 0.6 is 0 Å². The topological polar surface area (TPSA) is 18.5 Å². The van der Waals surface area contributed by atoms with Crippen molar-refractivity contribution in [1.29, 1.82) is 0 Å². The first kappa shape index (κ1) is 5.69. The van der Waals surface area contributed by atoms with Gasteiger partial charge in [-0.25, -0.2) is 0 Å². The molecule has 9 heavy (non-hydrogen) atoms. The molecule has 1 saturated heterocycles. The third-order valence-corrected chi connectivity index (χ3v) is 2.17. The van der Waals surface area contributed by atoms with Crippen LogP contribution in [-0.4, -0.2) is 19.5 Å². The Morgan fingerprint density at radius 3 is 2.22 bits per heavy atom. The van der Waals surface area contributed by atoms with Crippen molar-refractivity contribution >= 4 is 0 Å². The Kier molecular flexibility index (Phi) is 1.24. The number of rotatable bonds is 1. The molecule has 0 aromatic rings.